The van der Waals surface area contributed by atoms with Gasteiger partial charge in [0.05, 0.1) is 3.58 Å². The highest BCUT2D eigenvalue weighted by atomic mass is 127. The van der Waals surface area contributed by atoms with E-state index in [2.05, 4.69) is 32.6 Å². The van der Waals surface area contributed by atoms with E-state index in [0.29, 0.717) is 13.0 Å². The van der Waals surface area contributed by atoms with Crippen LogP contribution in [0.4, 0.5) is 0 Å². The molecular weight excluding hydrogens is 281 g/mol. The van der Waals surface area contributed by atoms with Crippen LogP contribution in [0.25, 0.3) is 10.4 Å². The van der Waals surface area contributed by atoms with Crippen LogP contribution in [-0.4, -0.2) is 12.3 Å². The smallest absolute Gasteiger partial charge is 0.169 e. The quantitative estimate of drug-likeness (QED) is 0.258. The van der Waals surface area contributed by atoms with Gasteiger partial charge in [-0.05, 0) is 47.4 Å². The zero-order chi connectivity index (χ0) is 9.68. The lowest BCUT2D eigenvalue weighted by Crippen LogP contribution is -1.87. The van der Waals surface area contributed by atoms with Crippen LogP contribution in [0.1, 0.15) is 25.7 Å². The molecule has 0 bridgehead atoms. The number of hydrogen-bond acceptors (Lipinski definition) is 2. The van der Waals surface area contributed by atoms with E-state index in [4.69, 9.17) is 5.53 Å². The van der Waals surface area contributed by atoms with Gasteiger partial charge in [-0.2, -0.15) is 0 Å². The molecule has 70 valence electrons. The summed E-state index contributed by atoms with van der Waals surface area (Å²) in [4.78, 5) is 13.8. The molecule has 4 nitrogen and oxygen atoms in total. The maximum atomic E-state index is 11.1. The Morgan fingerprint density at radius 3 is 2.85 bits per heavy atom. The third kappa shape index (κ3) is 3.00. The van der Waals surface area contributed by atoms with Crippen LogP contribution < -0.4 is 0 Å². The lowest BCUT2D eigenvalue weighted by atomic mass is 10.1. The van der Waals surface area contributed by atoms with E-state index in [1.165, 1.54) is 5.57 Å². The molecule has 0 saturated heterocycles. The van der Waals surface area contributed by atoms with Crippen LogP contribution in [0, 0.1) is 0 Å². The fourth-order valence-corrected chi connectivity index (χ4v) is 2.13. The number of allylic oxidation sites excluding steroid dienone is 2. The Bertz CT molecular complexity index is 292. The molecule has 0 aromatic carbocycles. The van der Waals surface area contributed by atoms with Gasteiger partial charge < -0.3 is 0 Å². The largest absolute Gasteiger partial charge is 0.294 e. The minimum absolute atomic E-state index is 0.263. The molecule has 0 amide bonds. The van der Waals surface area contributed by atoms with E-state index in [1.807, 2.05) is 0 Å². The van der Waals surface area contributed by atoms with Gasteiger partial charge in [-0.3, -0.25) is 4.79 Å². The number of Topliss-reactive ketones (excluding diaryl/α,β-unsaturated/α-hetero) is 1. The molecule has 0 aliphatic heterocycles. The van der Waals surface area contributed by atoms with Crippen molar-refractivity contribution in [3.05, 3.63) is 19.6 Å². The Morgan fingerprint density at radius 2 is 2.31 bits per heavy atom. The fourth-order valence-electron chi connectivity index (χ4n) is 1.32. The third-order valence-electron chi connectivity index (χ3n) is 2.01. The van der Waals surface area contributed by atoms with Crippen LogP contribution in [0.15, 0.2) is 14.3 Å². The summed E-state index contributed by atoms with van der Waals surface area (Å²) in [6.07, 6.45) is 3.30. The van der Waals surface area contributed by atoms with Crippen LogP contribution in [-0.2, 0) is 4.79 Å². The highest BCUT2D eigenvalue weighted by Gasteiger charge is 2.19. The molecule has 13 heavy (non-hydrogen) atoms. The molecule has 5 heteroatoms. The van der Waals surface area contributed by atoms with Crippen LogP contribution >= 0.6 is 22.6 Å². The van der Waals surface area contributed by atoms with Crippen molar-refractivity contribution < 1.29 is 4.79 Å². The molecule has 0 spiro atoms. The Balaban J connectivity index is 2.37. The van der Waals surface area contributed by atoms with E-state index < -0.39 is 0 Å². The van der Waals surface area contributed by atoms with Crippen molar-refractivity contribution in [1.82, 2.24) is 0 Å². The number of halogens is 1. The van der Waals surface area contributed by atoms with Crippen LogP contribution in [0.5, 0.6) is 0 Å². The molecule has 0 saturated carbocycles. The summed E-state index contributed by atoms with van der Waals surface area (Å²) < 4.78 is 0.901. The predicted octanol–water partition coefficient (Wildman–Crippen LogP) is 3.13. The maximum Gasteiger partial charge on any atom is 0.169 e. The molecule has 1 aliphatic rings. The second kappa shape index (κ2) is 5.24. The Kier molecular flexibility index (Phi) is 4.24. The molecule has 0 unspecified atom stereocenters. The van der Waals surface area contributed by atoms with Gasteiger partial charge in [0.25, 0.3) is 0 Å². The van der Waals surface area contributed by atoms with Crippen molar-refractivity contribution in [2.75, 3.05) is 6.54 Å². The summed E-state index contributed by atoms with van der Waals surface area (Å²) in [5, 5.41) is 3.45. The number of azide groups is 1. The van der Waals surface area contributed by atoms with Gasteiger partial charge in [-0.1, -0.05) is 10.7 Å². The van der Waals surface area contributed by atoms with E-state index in [9.17, 15) is 4.79 Å². The van der Waals surface area contributed by atoms with Gasteiger partial charge in [0.1, 0.15) is 0 Å². The number of rotatable bonds is 4. The van der Waals surface area contributed by atoms with Crippen molar-refractivity contribution in [2.24, 2.45) is 5.11 Å². The van der Waals surface area contributed by atoms with E-state index in [1.54, 1.807) is 0 Å². The summed E-state index contributed by atoms with van der Waals surface area (Å²) >= 11 is 2.11. The van der Waals surface area contributed by atoms with Crippen LogP contribution in [0.3, 0.4) is 0 Å². The Hall–Kier alpha value is -0.550. The molecule has 0 aromatic rings. The van der Waals surface area contributed by atoms with Crippen molar-refractivity contribution in [3.8, 4) is 0 Å². The van der Waals surface area contributed by atoms with Gasteiger partial charge in [0.15, 0.2) is 5.78 Å². The molecule has 1 aliphatic carbocycles. The SMILES string of the molecule is [N-]=[N+]=NCCCC1=C(I)C(=O)CC1. The Labute approximate surface area is 90.2 Å². The second-order valence-electron chi connectivity index (χ2n) is 2.90. The molecule has 0 aromatic heterocycles. The van der Waals surface area contributed by atoms with Gasteiger partial charge in [0.2, 0.25) is 0 Å². The van der Waals surface area contributed by atoms with Crippen molar-refractivity contribution >= 4 is 28.4 Å². The first kappa shape index (κ1) is 10.5. The third-order valence-corrected chi connectivity index (χ3v) is 3.37. The number of carbonyl (C=O) groups excluding carboxylic acids is 1. The first-order valence-corrected chi connectivity index (χ1v) is 5.25. The number of carbonyl (C=O) groups is 1. The topological polar surface area (TPSA) is 65.8 Å². The first-order valence-electron chi connectivity index (χ1n) is 4.17. The highest BCUT2D eigenvalue weighted by molar-refractivity contribution is 14.1. The zero-order valence-electron chi connectivity index (χ0n) is 7.16. The van der Waals surface area contributed by atoms with Gasteiger partial charge in [-0.25, -0.2) is 0 Å². The molecular formula is C8H10IN3O. The summed E-state index contributed by atoms with van der Waals surface area (Å²) in [6.45, 7) is 0.526. The normalized spacial score (nSPS) is 16.2. The summed E-state index contributed by atoms with van der Waals surface area (Å²) in [7, 11) is 0. The highest BCUT2D eigenvalue weighted by Crippen LogP contribution is 2.30. The molecule has 0 fully saturated rings. The molecule has 0 N–H and O–H groups in total. The lowest BCUT2D eigenvalue weighted by Gasteiger charge is -1.98. The maximum absolute atomic E-state index is 11.1. The summed E-state index contributed by atoms with van der Waals surface area (Å²) in [5.74, 6) is 0.263. The molecule has 0 atom stereocenters. The molecule has 0 heterocycles. The first-order chi connectivity index (χ1) is 6.25. The average Bonchev–Trinajstić information content (AvgIpc) is 2.43. The van der Waals surface area contributed by atoms with Gasteiger partial charge >= 0.3 is 0 Å². The monoisotopic (exact) mass is 291 g/mol. The summed E-state index contributed by atoms with van der Waals surface area (Å²) in [5.41, 5.74) is 9.28. The zero-order valence-corrected chi connectivity index (χ0v) is 9.32. The van der Waals surface area contributed by atoms with E-state index in [-0.39, 0.29) is 5.78 Å². The summed E-state index contributed by atoms with van der Waals surface area (Å²) in [6, 6.07) is 0. The predicted molar refractivity (Wildman–Crippen MR) is 58.5 cm³/mol. The molecule has 1 rings (SSSR count). The lowest BCUT2D eigenvalue weighted by molar-refractivity contribution is -0.114. The second-order valence-corrected chi connectivity index (χ2v) is 3.98. The van der Waals surface area contributed by atoms with Crippen molar-refractivity contribution in [3.63, 3.8) is 0 Å². The average molecular weight is 291 g/mol. The van der Waals surface area contributed by atoms with Crippen molar-refractivity contribution in [2.45, 2.75) is 25.7 Å². The van der Waals surface area contributed by atoms with Gasteiger partial charge in [-0.15, -0.1) is 0 Å². The number of nitrogens with zero attached hydrogens (tertiary/aromatic N) is 3. The van der Waals surface area contributed by atoms with Crippen molar-refractivity contribution in [1.29, 1.82) is 0 Å². The van der Waals surface area contributed by atoms with Crippen LogP contribution in [0.2, 0.25) is 0 Å². The molecule has 0 radical (unpaired) electrons. The minimum atomic E-state index is 0.263. The van der Waals surface area contributed by atoms with E-state index in [0.717, 1.165) is 22.8 Å². The number of ketones is 1. The fraction of sp³-hybridized carbons (Fsp3) is 0.625. The number of hydrogen-bond donors (Lipinski definition) is 0. The van der Waals surface area contributed by atoms with Gasteiger partial charge in [0, 0.05) is 17.9 Å². The minimum Gasteiger partial charge on any atom is -0.294 e. The van der Waals surface area contributed by atoms with E-state index >= 15 is 0 Å². The Morgan fingerprint density at radius 1 is 1.54 bits per heavy atom. The standard InChI is InChI=1S/C8H10IN3O/c9-8-6(3-4-7(8)13)2-1-5-11-12-10/h1-5H2.